The van der Waals surface area contributed by atoms with Crippen molar-refractivity contribution in [2.75, 3.05) is 19.6 Å². The average molecular weight is 432 g/mol. The summed E-state index contributed by atoms with van der Waals surface area (Å²) in [6.45, 7) is 2.86. The summed E-state index contributed by atoms with van der Waals surface area (Å²) in [5.74, 6) is -0.709. The van der Waals surface area contributed by atoms with Crippen LogP contribution in [0.1, 0.15) is 28.4 Å². The van der Waals surface area contributed by atoms with E-state index >= 15 is 0 Å². The molecule has 2 aliphatic heterocycles. The predicted octanol–water partition coefficient (Wildman–Crippen LogP) is 1.31. The van der Waals surface area contributed by atoms with E-state index in [2.05, 4.69) is 5.32 Å². The minimum absolute atomic E-state index is 0.127. The van der Waals surface area contributed by atoms with Gasteiger partial charge in [0.1, 0.15) is 12.1 Å². The van der Waals surface area contributed by atoms with Gasteiger partial charge in [-0.3, -0.25) is 14.4 Å². The normalized spacial score (nSPS) is 21.4. The van der Waals surface area contributed by atoms with Crippen LogP contribution in [0.2, 0.25) is 0 Å². The molecule has 0 saturated carbocycles. The summed E-state index contributed by atoms with van der Waals surface area (Å²) in [7, 11) is 0. The summed E-state index contributed by atoms with van der Waals surface area (Å²) in [6, 6.07) is 16.5. The van der Waals surface area contributed by atoms with E-state index in [4.69, 9.17) is 10.00 Å². The fourth-order valence-corrected chi connectivity index (χ4v) is 4.03. The highest BCUT2D eigenvalue weighted by molar-refractivity contribution is 5.99. The molecule has 8 nitrogen and oxygen atoms in total. The lowest BCUT2D eigenvalue weighted by Crippen LogP contribution is -2.71. The van der Waals surface area contributed by atoms with Crippen LogP contribution in [0.25, 0.3) is 0 Å². The van der Waals surface area contributed by atoms with E-state index in [1.165, 1.54) is 0 Å². The van der Waals surface area contributed by atoms with Crippen molar-refractivity contribution >= 4 is 17.7 Å². The second-order valence-electron chi connectivity index (χ2n) is 7.98. The second-order valence-corrected chi connectivity index (χ2v) is 7.98. The Morgan fingerprint density at radius 3 is 2.56 bits per heavy atom. The molecule has 0 spiro atoms. The molecular weight excluding hydrogens is 408 g/mol. The van der Waals surface area contributed by atoms with Crippen molar-refractivity contribution in [1.29, 1.82) is 5.26 Å². The Bertz CT molecular complexity index is 1050. The molecule has 2 fully saturated rings. The molecule has 0 radical (unpaired) electrons. The highest BCUT2D eigenvalue weighted by Crippen LogP contribution is 2.21. The molecule has 4 rings (SSSR count). The number of nitrogens with one attached hydrogen (secondary N) is 1. The number of amides is 3. The third-order valence-electron chi connectivity index (χ3n) is 5.90. The molecule has 2 saturated heterocycles. The average Bonchev–Trinajstić information content (AvgIpc) is 2.84. The van der Waals surface area contributed by atoms with Gasteiger partial charge in [-0.25, -0.2) is 0 Å². The van der Waals surface area contributed by atoms with Crippen LogP contribution in [-0.2, 0) is 20.9 Å². The highest BCUT2D eigenvalue weighted by atomic mass is 16.5. The Morgan fingerprint density at radius 1 is 1.16 bits per heavy atom. The number of hydrogen-bond acceptors (Lipinski definition) is 5. The van der Waals surface area contributed by atoms with E-state index in [1.54, 1.807) is 41.0 Å². The Hall–Kier alpha value is -3.70. The molecule has 0 aliphatic carbocycles. The number of carbonyl (C=O) groups excluding carboxylic acids is 3. The van der Waals surface area contributed by atoms with Gasteiger partial charge in [0, 0.05) is 18.7 Å². The van der Waals surface area contributed by atoms with Crippen LogP contribution in [0.4, 0.5) is 0 Å². The van der Waals surface area contributed by atoms with Crippen molar-refractivity contribution in [3.8, 4) is 6.07 Å². The molecule has 2 aromatic rings. The largest absolute Gasteiger partial charge is 0.371 e. The van der Waals surface area contributed by atoms with Crippen molar-refractivity contribution in [2.24, 2.45) is 0 Å². The van der Waals surface area contributed by atoms with E-state index in [0.717, 1.165) is 5.56 Å². The first-order chi connectivity index (χ1) is 15.5. The summed E-state index contributed by atoms with van der Waals surface area (Å²) in [4.78, 5) is 41.9. The molecule has 1 N–H and O–H groups in total. The Morgan fingerprint density at radius 2 is 1.88 bits per heavy atom. The third kappa shape index (κ3) is 4.34. The van der Waals surface area contributed by atoms with Crippen LogP contribution in [0.15, 0.2) is 54.6 Å². The van der Waals surface area contributed by atoms with Gasteiger partial charge in [0.2, 0.25) is 11.8 Å². The van der Waals surface area contributed by atoms with E-state index in [-0.39, 0.29) is 30.8 Å². The lowest BCUT2D eigenvalue weighted by atomic mass is 10.0. The monoisotopic (exact) mass is 432 g/mol. The zero-order chi connectivity index (χ0) is 22.7. The number of nitriles is 1. The summed E-state index contributed by atoms with van der Waals surface area (Å²) in [5.41, 5.74) is 1.90. The quantitative estimate of drug-likeness (QED) is 0.768. The van der Waals surface area contributed by atoms with Gasteiger partial charge in [0.25, 0.3) is 5.91 Å². The zero-order valence-corrected chi connectivity index (χ0v) is 17.7. The van der Waals surface area contributed by atoms with Crippen LogP contribution in [0.5, 0.6) is 0 Å². The van der Waals surface area contributed by atoms with Crippen LogP contribution in [0.3, 0.4) is 0 Å². The van der Waals surface area contributed by atoms with Crippen molar-refractivity contribution < 1.29 is 19.1 Å². The molecule has 2 aromatic carbocycles. The van der Waals surface area contributed by atoms with Crippen molar-refractivity contribution in [1.82, 2.24) is 15.1 Å². The van der Waals surface area contributed by atoms with Crippen LogP contribution < -0.4 is 5.32 Å². The van der Waals surface area contributed by atoms with Gasteiger partial charge in [-0.2, -0.15) is 5.26 Å². The molecule has 164 valence electrons. The van der Waals surface area contributed by atoms with Crippen molar-refractivity contribution in [2.45, 2.75) is 31.7 Å². The van der Waals surface area contributed by atoms with Gasteiger partial charge < -0.3 is 19.9 Å². The Kier molecular flexibility index (Phi) is 6.19. The highest BCUT2D eigenvalue weighted by Gasteiger charge is 2.46. The number of ether oxygens (including phenoxy) is 1. The maximum atomic E-state index is 13.1. The van der Waals surface area contributed by atoms with Crippen LogP contribution in [0, 0.1) is 11.3 Å². The number of benzene rings is 2. The molecule has 2 aliphatic rings. The fourth-order valence-electron chi connectivity index (χ4n) is 4.03. The SMILES string of the molecule is C[C@H](OCc1ccccc1)[C@H]1NC(=O)[C@H]2CN(C(=O)c3ccc(C#N)cc3)CCN2C1=O. The van der Waals surface area contributed by atoms with E-state index in [9.17, 15) is 14.4 Å². The number of hydrogen-bond donors (Lipinski definition) is 1. The number of rotatable bonds is 5. The van der Waals surface area contributed by atoms with Gasteiger partial charge >= 0.3 is 0 Å². The molecule has 2 heterocycles. The van der Waals surface area contributed by atoms with Gasteiger partial charge in [-0.15, -0.1) is 0 Å². The second kappa shape index (κ2) is 9.20. The number of carbonyl (C=O) groups is 3. The van der Waals surface area contributed by atoms with Gasteiger partial charge in [0.05, 0.1) is 30.9 Å². The number of fused-ring (bicyclic) bond motifs is 1. The molecule has 0 aromatic heterocycles. The predicted molar refractivity (Wildman–Crippen MR) is 115 cm³/mol. The Balaban J connectivity index is 1.39. The molecule has 8 heteroatoms. The van der Waals surface area contributed by atoms with Crippen molar-refractivity contribution in [3.05, 3.63) is 71.3 Å². The topological polar surface area (TPSA) is 103 Å². The molecular formula is C24H24N4O4. The third-order valence-corrected chi connectivity index (χ3v) is 5.90. The molecule has 3 amide bonds. The minimum atomic E-state index is -0.761. The van der Waals surface area contributed by atoms with Crippen molar-refractivity contribution in [3.63, 3.8) is 0 Å². The lowest BCUT2D eigenvalue weighted by molar-refractivity contribution is -0.156. The first-order valence-electron chi connectivity index (χ1n) is 10.5. The maximum Gasteiger partial charge on any atom is 0.253 e. The van der Waals surface area contributed by atoms with Crippen LogP contribution in [-0.4, -0.2) is 65.3 Å². The van der Waals surface area contributed by atoms with E-state index in [1.807, 2.05) is 36.4 Å². The van der Waals surface area contributed by atoms with Gasteiger partial charge in [0.15, 0.2) is 0 Å². The summed E-state index contributed by atoms with van der Waals surface area (Å²) >= 11 is 0. The van der Waals surface area contributed by atoms with E-state index < -0.39 is 18.2 Å². The smallest absolute Gasteiger partial charge is 0.253 e. The van der Waals surface area contributed by atoms with Gasteiger partial charge in [-0.1, -0.05) is 30.3 Å². The lowest BCUT2D eigenvalue weighted by Gasteiger charge is -2.46. The molecule has 32 heavy (non-hydrogen) atoms. The summed E-state index contributed by atoms with van der Waals surface area (Å²) in [6.07, 6.45) is -0.495. The van der Waals surface area contributed by atoms with E-state index in [0.29, 0.717) is 24.3 Å². The standard InChI is InChI=1S/C24H24N4O4/c1-16(32-15-18-5-3-2-4-6-18)21-24(31)28-12-11-27(14-20(28)22(29)26-21)23(30)19-9-7-17(13-25)8-10-19/h2-10,16,20-21H,11-12,14-15H2,1H3,(H,26,29)/t16-,20+,21+/m0/s1. The first kappa shape index (κ1) is 21.5. The summed E-state index contributed by atoms with van der Waals surface area (Å²) < 4.78 is 5.85. The Labute approximate surface area is 186 Å². The fraction of sp³-hybridized carbons (Fsp3) is 0.333. The number of piperazine rings is 2. The zero-order valence-electron chi connectivity index (χ0n) is 17.7. The molecule has 3 atom stereocenters. The van der Waals surface area contributed by atoms with Gasteiger partial charge in [-0.05, 0) is 36.8 Å². The number of nitrogens with zero attached hydrogens (tertiary/aromatic N) is 3. The summed E-state index contributed by atoms with van der Waals surface area (Å²) in [5, 5.41) is 11.7. The van der Waals surface area contributed by atoms with Crippen LogP contribution >= 0.6 is 0 Å². The molecule has 0 unspecified atom stereocenters. The molecule has 0 bridgehead atoms. The first-order valence-corrected chi connectivity index (χ1v) is 10.5. The maximum absolute atomic E-state index is 13.1. The minimum Gasteiger partial charge on any atom is -0.371 e.